The minimum absolute atomic E-state index is 0.00359. The summed E-state index contributed by atoms with van der Waals surface area (Å²) >= 11 is 0. The lowest BCUT2D eigenvalue weighted by molar-refractivity contribution is -0.0121. The maximum atomic E-state index is 11.0. The number of hydrogen-bond acceptors (Lipinski definition) is 4. The molecule has 0 aromatic rings. The Bertz CT molecular complexity index is 169. The quantitative estimate of drug-likeness (QED) is 0.679. The smallest absolute Gasteiger partial charge is 0.407 e. The normalized spacial score (nSPS) is 21.6. The monoisotopic (exact) mass is 202 g/mol. The van der Waals surface area contributed by atoms with Crippen LogP contribution in [0.25, 0.3) is 0 Å². The molecule has 82 valence electrons. The Kier molecular flexibility index (Phi) is 5.32. The third kappa shape index (κ3) is 4.43. The van der Waals surface area contributed by atoms with Crippen molar-refractivity contribution >= 4 is 6.09 Å². The average molecular weight is 202 g/mol. The van der Waals surface area contributed by atoms with E-state index in [0.29, 0.717) is 19.8 Å². The van der Waals surface area contributed by atoms with Gasteiger partial charge < -0.3 is 20.1 Å². The maximum Gasteiger partial charge on any atom is 0.407 e. The predicted molar refractivity (Wildman–Crippen MR) is 52.3 cm³/mol. The van der Waals surface area contributed by atoms with Crippen LogP contribution in [0.4, 0.5) is 4.79 Å². The topological polar surface area (TPSA) is 59.6 Å². The molecule has 1 aliphatic heterocycles. The molecule has 5 nitrogen and oxygen atoms in total. The summed E-state index contributed by atoms with van der Waals surface area (Å²) in [5.74, 6) is 0. The highest BCUT2D eigenvalue weighted by molar-refractivity contribution is 5.67. The van der Waals surface area contributed by atoms with Gasteiger partial charge in [0.25, 0.3) is 0 Å². The van der Waals surface area contributed by atoms with Gasteiger partial charge in [0.05, 0.1) is 6.61 Å². The summed E-state index contributed by atoms with van der Waals surface area (Å²) in [6.07, 6.45) is 0.550. The van der Waals surface area contributed by atoms with Crippen LogP contribution in [0.1, 0.15) is 13.3 Å². The van der Waals surface area contributed by atoms with E-state index in [1.807, 2.05) is 6.92 Å². The second kappa shape index (κ2) is 6.62. The van der Waals surface area contributed by atoms with Crippen molar-refractivity contribution in [3.63, 3.8) is 0 Å². The number of carbonyl (C=O) groups is 1. The van der Waals surface area contributed by atoms with Crippen molar-refractivity contribution in [2.24, 2.45) is 0 Å². The molecule has 1 rings (SSSR count). The second-order valence-electron chi connectivity index (χ2n) is 3.22. The molecule has 0 radical (unpaired) electrons. The number of carbonyl (C=O) groups excluding carboxylic acids is 1. The maximum absolute atomic E-state index is 11.0. The fourth-order valence-electron chi connectivity index (χ4n) is 1.17. The van der Waals surface area contributed by atoms with Gasteiger partial charge >= 0.3 is 6.09 Å². The fourth-order valence-corrected chi connectivity index (χ4v) is 1.17. The number of hydrogen-bond donors (Lipinski definition) is 2. The fraction of sp³-hybridized carbons (Fsp3) is 0.889. The van der Waals surface area contributed by atoms with Crippen LogP contribution in [-0.2, 0) is 9.47 Å². The standard InChI is InChI=1S/C9H18N2O3/c1-2-3-11-9(12)14-7-8-6-10-4-5-13-8/h8,10H,2-7H2,1H3,(H,11,12). The molecule has 0 spiro atoms. The molecular weight excluding hydrogens is 184 g/mol. The molecule has 0 aromatic heterocycles. The summed E-state index contributed by atoms with van der Waals surface area (Å²) in [7, 11) is 0. The SMILES string of the molecule is CCCNC(=O)OCC1CNCCO1. The summed E-state index contributed by atoms with van der Waals surface area (Å²) in [5, 5.41) is 5.80. The van der Waals surface area contributed by atoms with E-state index in [-0.39, 0.29) is 12.2 Å². The Morgan fingerprint density at radius 1 is 1.71 bits per heavy atom. The number of rotatable bonds is 4. The van der Waals surface area contributed by atoms with Gasteiger partial charge in [0.2, 0.25) is 0 Å². The van der Waals surface area contributed by atoms with E-state index in [1.165, 1.54) is 0 Å². The van der Waals surface area contributed by atoms with Crippen molar-refractivity contribution < 1.29 is 14.3 Å². The van der Waals surface area contributed by atoms with Crippen molar-refractivity contribution in [1.82, 2.24) is 10.6 Å². The Hall–Kier alpha value is -0.810. The van der Waals surface area contributed by atoms with Crippen molar-refractivity contribution in [2.45, 2.75) is 19.4 Å². The minimum Gasteiger partial charge on any atom is -0.447 e. The van der Waals surface area contributed by atoms with Crippen LogP contribution in [0, 0.1) is 0 Å². The molecular formula is C9H18N2O3. The number of alkyl carbamates (subject to hydrolysis) is 1. The molecule has 14 heavy (non-hydrogen) atoms. The molecule has 0 bridgehead atoms. The van der Waals surface area contributed by atoms with Gasteiger partial charge in [-0.3, -0.25) is 0 Å². The summed E-state index contributed by atoms with van der Waals surface area (Å²) in [5.41, 5.74) is 0. The van der Waals surface area contributed by atoms with Crippen molar-refractivity contribution in [3.05, 3.63) is 0 Å². The zero-order chi connectivity index (χ0) is 10.2. The van der Waals surface area contributed by atoms with E-state index in [0.717, 1.165) is 19.5 Å². The lowest BCUT2D eigenvalue weighted by atomic mass is 10.3. The Labute approximate surface area is 84.1 Å². The summed E-state index contributed by atoms with van der Waals surface area (Å²) in [6.45, 7) is 5.28. The highest BCUT2D eigenvalue weighted by Crippen LogP contribution is 1.96. The van der Waals surface area contributed by atoms with Gasteiger partial charge in [0, 0.05) is 19.6 Å². The molecule has 0 aliphatic carbocycles. The van der Waals surface area contributed by atoms with Crippen LogP contribution >= 0.6 is 0 Å². The molecule has 1 saturated heterocycles. The van der Waals surface area contributed by atoms with E-state index >= 15 is 0 Å². The molecule has 5 heteroatoms. The first-order valence-corrected chi connectivity index (χ1v) is 5.06. The van der Waals surface area contributed by atoms with Crippen molar-refractivity contribution in [3.8, 4) is 0 Å². The number of nitrogens with one attached hydrogen (secondary N) is 2. The molecule has 1 fully saturated rings. The zero-order valence-electron chi connectivity index (χ0n) is 8.54. The van der Waals surface area contributed by atoms with Crippen LogP contribution in [0.2, 0.25) is 0 Å². The highest BCUT2D eigenvalue weighted by Gasteiger charge is 2.14. The summed E-state index contributed by atoms with van der Waals surface area (Å²) in [6, 6.07) is 0. The molecule has 0 aromatic carbocycles. The van der Waals surface area contributed by atoms with Crippen molar-refractivity contribution in [1.29, 1.82) is 0 Å². The van der Waals surface area contributed by atoms with Crippen molar-refractivity contribution in [2.75, 3.05) is 32.8 Å². The van der Waals surface area contributed by atoms with E-state index in [4.69, 9.17) is 9.47 Å². The van der Waals surface area contributed by atoms with Crippen LogP contribution in [0.15, 0.2) is 0 Å². The first kappa shape index (κ1) is 11.3. The van der Waals surface area contributed by atoms with Crippen LogP contribution in [0.3, 0.4) is 0 Å². The van der Waals surface area contributed by atoms with Gasteiger partial charge in [-0.1, -0.05) is 6.92 Å². The summed E-state index contributed by atoms with van der Waals surface area (Å²) in [4.78, 5) is 11.0. The second-order valence-corrected chi connectivity index (χ2v) is 3.22. The largest absolute Gasteiger partial charge is 0.447 e. The Morgan fingerprint density at radius 2 is 2.57 bits per heavy atom. The molecule has 1 unspecified atom stereocenters. The Balaban J connectivity index is 2.03. The molecule has 1 heterocycles. The molecule has 1 atom stereocenters. The third-order valence-electron chi connectivity index (χ3n) is 1.92. The van der Waals surface area contributed by atoms with Gasteiger partial charge in [-0.15, -0.1) is 0 Å². The van der Waals surface area contributed by atoms with Gasteiger partial charge in [-0.25, -0.2) is 4.79 Å². The molecule has 2 N–H and O–H groups in total. The van der Waals surface area contributed by atoms with E-state index in [2.05, 4.69) is 10.6 Å². The van der Waals surface area contributed by atoms with Gasteiger partial charge in [0.1, 0.15) is 12.7 Å². The number of amides is 1. The van der Waals surface area contributed by atoms with E-state index < -0.39 is 0 Å². The molecule has 0 saturated carbocycles. The van der Waals surface area contributed by atoms with Crippen LogP contribution in [0.5, 0.6) is 0 Å². The predicted octanol–water partition coefficient (Wildman–Crippen LogP) is 0.111. The van der Waals surface area contributed by atoms with Gasteiger partial charge in [-0.05, 0) is 6.42 Å². The van der Waals surface area contributed by atoms with Gasteiger partial charge in [0.15, 0.2) is 0 Å². The first-order chi connectivity index (χ1) is 6.83. The Morgan fingerprint density at radius 3 is 3.21 bits per heavy atom. The third-order valence-corrected chi connectivity index (χ3v) is 1.92. The van der Waals surface area contributed by atoms with Gasteiger partial charge in [-0.2, -0.15) is 0 Å². The zero-order valence-corrected chi connectivity index (χ0v) is 8.54. The summed E-state index contributed by atoms with van der Waals surface area (Å²) < 4.78 is 10.3. The lowest BCUT2D eigenvalue weighted by Gasteiger charge is -2.23. The molecule has 1 aliphatic rings. The number of ether oxygens (including phenoxy) is 2. The van der Waals surface area contributed by atoms with E-state index in [1.54, 1.807) is 0 Å². The van der Waals surface area contributed by atoms with E-state index in [9.17, 15) is 4.79 Å². The number of morpholine rings is 1. The molecule has 1 amide bonds. The average Bonchev–Trinajstić information content (AvgIpc) is 2.25. The first-order valence-electron chi connectivity index (χ1n) is 5.06. The highest BCUT2D eigenvalue weighted by atomic mass is 16.6. The van der Waals surface area contributed by atoms with Crippen LogP contribution in [-0.4, -0.2) is 45.0 Å². The lowest BCUT2D eigenvalue weighted by Crippen LogP contribution is -2.42. The van der Waals surface area contributed by atoms with Crippen LogP contribution < -0.4 is 10.6 Å². The minimum atomic E-state index is -0.360.